The number of aryl methyl sites for hydroxylation is 1. The van der Waals surface area contributed by atoms with Crippen molar-refractivity contribution >= 4 is 21.9 Å². The van der Waals surface area contributed by atoms with Gasteiger partial charge < -0.3 is 9.84 Å². The first kappa shape index (κ1) is 13.6. The Balaban J connectivity index is 2.32. The molecular formula is C15H13BrO3. The summed E-state index contributed by atoms with van der Waals surface area (Å²) < 4.78 is 6.50. The lowest BCUT2D eigenvalue weighted by Gasteiger charge is -2.17. The molecular weight excluding hydrogens is 308 g/mol. The van der Waals surface area contributed by atoms with E-state index in [0.29, 0.717) is 11.3 Å². The molecule has 2 aromatic rings. The monoisotopic (exact) mass is 320 g/mol. The summed E-state index contributed by atoms with van der Waals surface area (Å²) in [6.07, 6.45) is -1.01. The average Bonchev–Trinajstić information content (AvgIpc) is 2.40. The molecule has 4 heteroatoms. The number of rotatable bonds is 4. The lowest BCUT2D eigenvalue weighted by molar-refractivity contribution is -0.145. The molecule has 0 aliphatic heterocycles. The predicted molar refractivity (Wildman–Crippen MR) is 76.3 cm³/mol. The molecule has 0 radical (unpaired) electrons. The van der Waals surface area contributed by atoms with E-state index in [1.54, 1.807) is 30.3 Å². The van der Waals surface area contributed by atoms with Crippen molar-refractivity contribution in [3.05, 3.63) is 64.1 Å². The van der Waals surface area contributed by atoms with Gasteiger partial charge in [-0.3, -0.25) is 0 Å². The van der Waals surface area contributed by atoms with Crippen molar-refractivity contribution < 1.29 is 14.6 Å². The summed E-state index contributed by atoms with van der Waals surface area (Å²) in [6.45, 7) is 1.88. The number of hydrogen-bond donors (Lipinski definition) is 1. The van der Waals surface area contributed by atoms with Crippen LogP contribution in [0.4, 0.5) is 0 Å². The van der Waals surface area contributed by atoms with Gasteiger partial charge in [0.1, 0.15) is 5.75 Å². The van der Waals surface area contributed by atoms with E-state index in [9.17, 15) is 9.90 Å². The van der Waals surface area contributed by atoms with Gasteiger partial charge in [0.2, 0.25) is 6.10 Å². The van der Waals surface area contributed by atoms with Gasteiger partial charge in [0.15, 0.2) is 0 Å². The normalized spacial score (nSPS) is 11.9. The number of carboxylic acids is 1. The molecule has 0 saturated carbocycles. The maximum Gasteiger partial charge on any atom is 0.349 e. The molecule has 0 bridgehead atoms. The molecule has 1 N–H and O–H groups in total. The van der Waals surface area contributed by atoms with Crippen LogP contribution in [0.3, 0.4) is 0 Å². The van der Waals surface area contributed by atoms with Crippen LogP contribution >= 0.6 is 15.9 Å². The highest BCUT2D eigenvalue weighted by Gasteiger charge is 2.22. The minimum absolute atomic E-state index is 0.561. The highest BCUT2D eigenvalue weighted by atomic mass is 79.9. The lowest BCUT2D eigenvalue weighted by atomic mass is 10.1. The minimum Gasteiger partial charge on any atom is -0.478 e. The summed E-state index contributed by atoms with van der Waals surface area (Å²) in [7, 11) is 0. The first-order chi connectivity index (χ1) is 9.08. The van der Waals surface area contributed by atoms with Crippen LogP contribution in [-0.4, -0.2) is 11.1 Å². The molecule has 0 aromatic heterocycles. The molecule has 0 saturated heterocycles. The first-order valence-electron chi connectivity index (χ1n) is 5.78. The Kier molecular flexibility index (Phi) is 4.22. The molecule has 3 nitrogen and oxygen atoms in total. The third-order valence-electron chi connectivity index (χ3n) is 2.72. The average molecular weight is 321 g/mol. The molecule has 2 rings (SSSR count). The van der Waals surface area contributed by atoms with Gasteiger partial charge in [-0.2, -0.15) is 0 Å². The van der Waals surface area contributed by atoms with Gasteiger partial charge in [0.25, 0.3) is 0 Å². The molecule has 1 unspecified atom stereocenters. The molecule has 0 fully saturated rings. The van der Waals surface area contributed by atoms with E-state index in [4.69, 9.17) is 4.74 Å². The lowest BCUT2D eigenvalue weighted by Crippen LogP contribution is -2.18. The zero-order chi connectivity index (χ0) is 13.8. The van der Waals surface area contributed by atoms with E-state index < -0.39 is 12.1 Å². The summed E-state index contributed by atoms with van der Waals surface area (Å²) >= 11 is 3.35. The largest absolute Gasteiger partial charge is 0.478 e. The second-order valence-electron chi connectivity index (χ2n) is 4.16. The van der Waals surface area contributed by atoms with Crippen molar-refractivity contribution in [2.24, 2.45) is 0 Å². The van der Waals surface area contributed by atoms with Gasteiger partial charge in [0, 0.05) is 10.0 Å². The molecule has 0 spiro atoms. The molecule has 19 heavy (non-hydrogen) atoms. The Labute approximate surface area is 120 Å². The number of hydrogen-bond acceptors (Lipinski definition) is 2. The Hall–Kier alpha value is -1.81. The Morgan fingerprint density at radius 1 is 1.21 bits per heavy atom. The topological polar surface area (TPSA) is 46.5 Å². The van der Waals surface area contributed by atoms with Gasteiger partial charge in [0.05, 0.1) is 0 Å². The number of ether oxygens (including phenoxy) is 1. The fourth-order valence-electron chi connectivity index (χ4n) is 1.72. The van der Waals surface area contributed by atoms with Crippen LogP contribution in [0.15, 0.2) is 53.0 Å². The van der Waals surface area contributed by atoms with Crippen molar-refractivity contribution in [1.29, 1.82) is 0 Å². The van der Waals surface area contributed by atoms with Crippen LogP contribution in [0.5, 0.6) is 5.75 Å². The highest BCUT2D eigenvalue weighted by Crippen LogP contribution is 2.28. The van der Waals surface area contributed by atoms with Gasteiger partial charge in [-0.25, -0.2) is 4.79 Å². The Morgan fingerprint density at radius 3 is 2.53 bits per heavy atom. The van der Waals surface area contributed by atoms with E-state index in [-0.39, 0.29) is 0 Å². The summed E-state index contributed by atoms with van der Waals surface area (Å²) in [5.41, 5.74) is 1.51. The second-order valence-corrected chi connectivity index (χ2v) is 5.07. The maximum atomic E-state index is 11.4. The number of benzene rings is 2. The van der Waals surface area contributed by atoms with Crippen LogP contribution < -0.4 is 4.74 Å². The number of carboxylic acid groups (broad SMARTS) is 1. The molecule has 0 aliphatic carbocycles. The summed E-state index contributed by atoms with van der Waals surface area (Å²) in [6, 6.07) is 14.5. The van der Waals surface area contributed by atoms with E-state index in [0.717, 1.165) is 10.0 Å². The van der Waals surface area contributed by atoms with Crippen molar-refractivity contribution in [3.63, 3.8) is 0 Å². The van der Waals surface area contributed by atoms with Crippen molar-refractivity contribution in [2.75, 3.05) is 0 Å². The third kappa shape index (κ3) is 3.35. The smallest absolute Gasteiger partial charge is 0.349 e. The van der Waals surface area contributed by atoms with E-state index in [2.05, 4.69) is 15.9 Å². The highest BCUT2D eigenvalue weighted by molar-refractivity contribution is 9.10. The Bertz CT molecular complexity index is 581. The standard InChI is InChI=1S/C15H13BrO3/c1-10-7-8-12(16)9-13(10)19-14(15(17)18)11-5-3-2-4-6-11/h2-9,14H,1H3,(H,17,18). The summed E-state index contributed by atoms with van der Waals surface area (Å²) in [5.74, 6) is -0.448. The fraction of sp³-hybridized carbons (Fsp3) is 0.133. The van der Waals surface area contributed by atoms with Gasteiger partial charge >= 0.3 is 5.97 Å². The fourth-order valence-corrected chi connectivity index (χ4v) is 2.06. The van der Waals surface area contributed by atoms with Crippen LogP contribution in [0, 0.1) is 6.92 Å². The zero-order valence-electron chi connectivity index (χ0n) is 10.3. The molecule has 0 heterocycles. The maximum absolute atomic E-state index is 11.4. The van der Waals surface area contributed by atoms with Gasteiger partial charge in [-0.15, -0.1) is 0 Å². The first-order valence-corrected chi connectivity index (χ1v) is 6.58. The predicted octanol–water partition coefficient (Wildman–Crippen LogP) is 3.96. The van der Waals surface area contributed by atoms with Gasteiger partial charge in [-0.05, 0) is 24.6 Å². The number of halogens is 1. The molecule has 98 valence electrons. The number of carbonyl (C=O) groups is 1. The number of aliphatic carboxylic acids is 1. The molecule has 2 aromatic carbocycles. The summed E-state index contributed by atoms with van der Waals surface area (Å²) in [5, 5.41) is 9.31. The minimum atomic E-state index is -1.01. The second kappa shape index (κ2) is 5.89. The quantitative estimate of drug-likeness (QED) is 0.927. The molecule has 1 atom stereocenters. The van der Waals surface area contributed by atoms with Crippen molar-refractivity contribution in [2.45, 2.75) is 13.0 Å². The van der Waals surface area contributed by atoms with Gasteiger partial charge in [-0.1, -0.05) is 52.3 Å². The van der Waals surface area contributed by atoms with E-state index in [1.807, 2.05) is 25.1 Å². The summed E-state index contributed by atoms with van der Waals surface area (Å²) in [4.78, 5) is 11.4. The van der Waals surface area contributed by atoms with Crippen LogP contribution in [0.25, 0.3) is 0 Å². The molecule has 0 amide bonds. The van der Waals surface area contributed by atoms with E-state index >= 15 is 0 Å². The van der Waals surface area contributed by atoms with E-state index in [1.165, 1.54) is 0 Å². The van der Waals surface area contributed by atoms with Crippen molar-refractivity contribution in [3.8, 4) is 5.75 Å². The zero-order valence-corrected chi connectivity index (χ0v) is 11.9. The van der Waals surface area contributed by atoms with Crippen LogP contribution in [0.2, 0.25) is 0 Å². The van der Waals surface area contributed by atoms with Crippen molar-refractivity contribution in [1.82, 2.24) is 0 Å². The Morgan fingerprint density at radius 2 is 1.89 bits per heavy atom. The third-order valence-corrected chi connectivity index (χ3v) is 3.21. The van der Waals surface area contributed by atoms with Crippen LogP contribution in [-0.2, 0) is 4.79 Å². The SMILES string of the molecule is Cc1ccc(Br)cc1OC(C(=O)O)c1ccccc1. The molecule has 0 aliphatic rings. The van der Waals surface area contributed by atoms with Crippen LogP contribution in [0.1, 0.15) is 17.2 Å².